The Labute approximate surface area is 183 Å². The molecule has 0 saturated heterocycles. The first-order chi connectivity index (χ1) is 15.6. The number of benzene rings is 1. The molecule has 0 fully saturated rings. The molecule has 1 aliphatic rings. The molecule has 8 nitrogen and oxygen atoms in total. The summed E-state index contributed by atoms with van der Waals surface area (Å²) >= 11 is 0. The quantitative estimate of drug-likeness (QED) is 0.497. The van der Waals surface area contributed by atoms with Gasteiger partial charge in [-0.1, -0.05) is 6.07 Å². The summed E-state index contributed by atoms with van der Waals surface area (Å²) in [4.78, 5) is 30.8. The van der Waals surface area contributed by atoms with Crippen LogP contribution in [0.2, 0.25) is 0 Å². The molecule has 1 aliphatic heterocycles. The number of halogens is 4. The molecule has 1 unspecified atom stereocenters. The van der Waals surface area contributed by atoms with Crippen LogP contribution in [0.5, 0.6) is 11.5 Å². The van der Waals surface area contributed by atoms with E-state index < -0.39 is 35.3 Å². The van der Waals surface area contributed by atoms with E-state index in [1.54, 1.807) is 12.1 Å². The van der Waals surface area contributed by atoms with Crippen molar-refractivity contribution < 1.29 is 41.7 Å². The SMILES string of the molecule is O=C(O)c1ccc(C(=O)NC2(c3ccc(OC(F)(F)F)c(F)c3)CCOc3cccnc32)[nH]1. The molecule has 172 valence electrons. The highest BCUT2D eigenvalue weighted by molar-refractivity contribution is 5.96. The van der Waals surface area contributed by atoms with Gasteiger partial charge in [-0.05, 0) is 42.0 Å². The number of aromatic amines is 1. The molecule has 12 heteroatoms. The molecule has 0 bridgehead atoms. The van der Waals surface area contributed by atoms with E-state index in [1.165, 1.54) is 24.4 Å². The number of hydrogen-bond acceptors (Lipinski definition) is 5. The smallest absolute Gasteiger partial charge is 0.491 e. The number of carboxylic acids is 1. The molecule has 2 aromatic heterocycles. The van der Waals surface area contributed by atoms with Gasteiger partial charge in [0.05, 0.1) is 6.61 Å². The summed E-state index contributed by atoms with van der Waals surface area (Å²) < 4.78 is 61.5. The minimum Gasteiger partial charge on any atom is -0.491 e. The van der Waals surface area contributed by atoms with Gasteiger partial charge in [0, 0.05) is 12.6 Å². The van der Waals surface area contributed by atoms with Crippen molar-refractivity contribution in [1.82, 2.24) is 15.3 Å². The summed E-state index contributed by atoms with van der Waals surface area (Å²) in [7, 11) is 0. The van der Waals surface area contributed by atoms with Crippen molar-refractivity contribution >= 4 is 11.9 Å². The number of amides is 1. The molecule has 0 aliphatic carbocycles. The van der Waals surface area contributed by atoms with Crippen molar-refractivity contribution in [2.75, 3.05) is 6.61 Å². The van der Waals surface area contributed by atoms with E-state index in [1.807, 2.05) is 0 Å². The Morgan fingerprint density at radius 1 is 1.18 bits per heavy atom. The summed E-state index contributed by atoms with van der Waals surface area (Å²) in [6.07, 6.45) is -3.60. The van der Waals surface area contributed by atoms with Gasteiger partial charge in [0.25, 0.3) is 5.91 Å². The Balaban J connectivity index is 1.79. The van der Waals surface area contributed by atoms with Gasteiger partial charge < -0.3 is 24.9 Å². The fraction of sp³-hybridized carbons (Fsp3) is 0.190. The second-order valence-electron chi connectivity index (χ2n) is 7.09. The van der Waals surface area contributed by atoms with Crippen molar-refractivity contribution in [3.05, 3.63) is 77.1 Å². The van der Waals surface area contributed by atoms with Crippen LogP contribution in [-0.4, -0.2) is 39.9 Å². The topological polar surface area (TPSA) is 114 Å². The van der Waals surface area contributed by atoms with Crippen LogP contribution in [0.15, 0.2) is 48.7 Å². The molecule has 0 saturated carbocycles. The first kappa shape index (κ1) is 22.1. The van der Waals surface area contributed by atoms with Gasteiger partial charge in [-0.2, -0.15) is 0 Å². The van der Waals surface area contributed by atoms with Crippen molar-refractivity contribution in [3.63, 3.8) is 0 Å². The molecule has 0 radical (unpaired) electrons. The first-order valence-corrected chi connectivity index (χ1v) is 9.48. The number of nitrogens with zero attached hydrogens (tertiary/aromatic N) is 1. The van der Waals surface area contributed by atoms with E-state index in [0.29, 0.717) is 0 Å². The summed E-state index contributed by atoms with van der Waals surface area (Å²) in [5.41, 5.74) is -1.50. The highest BCUT2D eigenvalue weighted by atomic mass is 19.4. The summed E-state index contributed by atoms with van der Waals surface area (Å²) in [6.45, 7) is 0.0759. The standard InChI is InChI=1S/C21H15F4N3O5/c22-12-10-11(3-6-15(12)33-21(23,24)25)20(7-9-32-16-2-1-8-26-17(16)20)28-18(29)13-4-5-14(27-13)19(30)31/h1-6,8,10,27H,7,9H2,(H,28,29)(H,30,31). The van der Waals surface area contributed by atoms with Crippen LogP contribution < -0.4 is 14.8 Å². The number of fused-ring (bicyclic) bond motifs is 1. The molecule has 0 spiro atoms. The van der Waals surface area contributed by atoms with Crippen molar-refractivity contribution in [2.24, 2.45) is 0 Å². The highest BCUT2D eigenvalue weighted by Gasteiger charge is 2.43. The number of carboxylic acid groups (broad SMARTS) is 1. The number of aromatic carboxylic acids is 1. The molecular weight excluding hydrogens is 450 g/mol. The van der Waals surface area contributed by atoms with E-state index in [2.05, 4.69) is 20.0 Å². The van der Waals surface area contributed by atoms with Gasteiger partial charge >= 0.3 is 12.3 Å². The van der Waals surface area contributed by atoms with E-state index in [0.717, 1.165) is 12.1 Å². The number of H-pyrrole nitrogens is 1. The molecule has 1 amide bonds. The average molecular weight is 465 g/mol. The number of ether oxygens (including phenoxy) is 2. The largest absolute Gasteiger partial charge is 0.573 e. The molecular formula is C21H15F4N3O5. The van der Waals surface area contributed by atoms with Gasteiger partial charge in [0.1, 0.15) is 28.4 Å². The van der Waals surface area contributed by atoms with E-state index in [4.69, 9.17) is 9.84 Å². The van der Waals surface area contributed by atoms with Gasteiger partial charge in [-0.25, -0.2) is 9.18 Å². The van der Waals surface area contributed by atoms with Crippen LogP contribution in [0.1, 0.15) is 38.7 Å². The molecule has 1 atom stereocenters. The number of carbonyl (C=O) groups is 2. The van der Waals surface area contributed by atoms with E-state index in [-0.39, 0.29) is 41.4 Å². The Morgan fingerprint density at radius 2 is 1.94 bits per heavy atom. The zero-order valence-electron chi connectivity index (χ0n) is 16.6. The minimum absolute atomic E-state index is 0.0637. The van der Waals surface area contributed by atoms with Gasteiger partial charge in [-0.3, -0.25) is 9.78 Å². The minimum atomic E-state index is -5.09. The maximum Gasteiger partial charge on any atom is 0.573 e. The number of carbonyl (C=O) groups excluding carboxylic acids is 1. The lowest BCUT2D eigenvalue weighted by molar-refractivity contribution is -0.275. The Morgan fingerprint density at radius 3 is 2.61 bits per heavy atom. The fourth-order valence-electron chi connectivity index (χ4n) is 3.62. The summed E-state index contributed by atoms with van der Waals surface area (Å²) in [5, 5.41) is 11.8. The summed E-state index contributed by atoms with van der Waals surface area (Å²) in [6, 6.07) is 8.43. The Kier molecular flexibility index (Phi) is 5.44. The van der Waals surface area contributed by atoms with E-state index in [9.17, 15) is 27.2 Å². The number of hydrogen-bond donors (Lipinski definition) is 3. The second kappa shape index (κ2) is 8.11. The van der Waals surface area contributed by atoms with Crippen molar-refractivity contribution in [2.45, 2.75) is 18.3 Å². The molecule has 3 aromatic rings. The first-order valence-electron chi connectivity index (χ1n) is 9.48. The molecule has 4 rings (SSSR count). The maximum atomic E-state index is 14.6. The number of aromatic nitrogens is 2. The Hall–Kier alpha value is -4.09. The zero-order chi connectivity index (χ0) is 23.8. The van der Waals surface area contributed by atoms with Crippen LogP contribution in [0.3, 0.4) is 0 Å². The Bertz CT molecular complexity index is 1230. The number of nitrogens with one attached hydrogen (secondary N) is 2. The normalized spacial score (nSPS) is 17.6. The molecule has 1 aromatic carbocycles. The molecule has 3 N–H and O–H groups in total. The fourth-order valence-corrected chi connectivity index (χ4v) is 3.62. The zero-order valence-corrected chi connectivity index (χ0v) is 16.6. The highest BCUT2D eigenvalue weighted by Crippen LogP contribution is 2.42. The third-order valence-corrected chi connectivity index (χ3v) is 5.05. The van der Waals surface area contributed by atoms with Crippen LogP contribution in [0.25, 0.3) is 0 Å². The number of pyridine rings is 1. The van der Waals surface area contributed by atoms with Crippen LogP contribution in [0, 0.1) is 5.82 Å². The molecule has 3 heterocycles. The van der Waals surface area contributed by atoms with Gasteiger partial charge in [0.2, 0.25) is 0 Å². The average Bonchev–Trinajstić information content (AvgIpc) is 3.25. The third kappa shape index (κ3) is 4.31. The lowest BCUT2D eigenvalue weighted by atomic mass is 9.81. The molecule has 33 heavy (non-hydrogen) atoms. The van der Waals surface area contributed by atoms with E-state index >= 15 is 0 Å². The maximum absolute atomic E-state index is 14.6. The number of rotatable bonds is 5. The predicted octanol–water partition coefficient (Wildman–Crippen LogP) is 3.60. The van der Waals surface area contributed by atoms with Gasteiger partial charge in [0.15, 0.2) is 11.6 Å². The van der Waals surface area contributed by atoms with Crippen LogP contribution in [-0.2, 0) is 5.54 Å². The second-order valence-corrected chi connectivity index (χ2v) is 7.09. The lowest BCUT2D eigenvalue weighted by Gasteiger charge is -2.39. The lowest BCUT2D eigenvalue weighted by Crippen LogP contribution is -2.50. The van der Waals surface area contributed by atoms with Crippen LogP contribution >= 0.6 is 0 Å². The third-order valence-electron chi connectivity index (χ3n) is 5.05. The van der Waals surface area contributed by atoms with Gasteiger partial charge in [-0.15, -0.1) is 13.2 Å². The van der Waals surface area contributed by atoms with Crippen molar-refractivity contribution in [1.29, 1.82) is 0 Å². The monoisotopic (exact) mass is 465 g/mol. The predicted molar refractivity (Wildman–Crippen MR) is 103 cm³/mol. The van der Waals surface area contributed by atoms with Crippen molar-refractivity contribution in [3.8, 4) is 11.5 Å². The number of alkyl halides is 3. The van der Waals surface area contributed by atoms with Crippen LogP contribution in [0.4, 0.5) is 17.6 Å². The summed E-state index contributed by atoms with van der Waals surface area (Å²) in [5.74, 6) is -4.05.